The van der Waals surface area contributed by atoms with Gasteiger partial charge in [-0.25, -0.2) is 13.8 Å². The molecule has 0 bridgehead atoms. The van der Waals surface area contributed by atoms with Crippen molar-refractivity contribution in [2.45, 2.75) is 0 Å². The van der Waals surface area contributed by atoms with Gasteiger partial charge in [-0.2, -0.15) is 0 Å². The van der Waals surface area contributed by atoms with Gasteiger partial charge < -0.3 is 16.2 Å². The molecule has 0 spiro atoms. The van der Waals surface area contributed by atoms with Gasteiger partial charge in [0, 0.05) is 5.56 Å². The van der Waals surface area contributed by atoms with Gasteiger partial charge in [-0.15, -0.1) is 0 Å². The number of rotatable bonds is 4. The molecule has 0 aliphatic heterocycles. The minimum absolute atomic E-state index is 0.00177. The summed E-state index contributed by atoms with van der Waals surface area (Å²) in [7, 11) is 0. The van der Waals surface area contributed by atoms with Crippen molar-refractivity contribution in [3.8, 4) is 17.0 Å². The van der Waals surface area contributed by atoms with E-state index in [1.165, 1.54) is 12.1 Å². The van der Waals surface area contributed by atoms with Crippen molar-refractivity contribution in [3.63, 3.8) is 0 Å². The highest BCUT2D eigenvalue weighted by Crippen LogP contribution is 2.30. The highest BCUT2D eigenvalue weighted by molar-refractivity contribution is 6.34. The fraction of sp³-hybridized carbons (Fsp3) is 0. The lowest BCUT2D eigenvalue weighted by atomic mass is 10.1. The van der Waals surface area contributed by atoms with Gasteiger partial charge in [-0.3, -0.25) is 14.6 Å². The lowest BCUT2D eigenvalue weighted by Gasteiger charge is -2.11. The third-order valence-corrected chi connectivity index (χ3v) is 4.03. The van der Waals surface area contributed by atoms with Crippen molar-refractivity contribution in [1.29, 1.82) is 0 Å². The Morgan fingerprint density at radius 3 is 2.46 bits per heavy atom. The molecule has 1 heterocycles. The Morgan fingerprint density at radius 1 is 1.11 bits per heavy atom. The Hall–Kier alpha value is -3.59. The molecule has 10 heteroatoms. The summed E-state index contributed by atoms with van der Waals surface area (Å²) in [6.45, 7) is 0. The van der Waals surface area contributed by atoms with E-state index in [-0.39, 0.29) is 27.7 Å². The smallest absolute Gasteiger partial charge is 0.268 e. The average Bonchev–Trinajstić information content (AvgIpc) is 2.66. The molecular weight excluding hydrogens is 394 g/mol. The zero-order chi connectivity index (χ0) is 20.4. The minimum atomic E-state index is -0.967. The van der Waals surface area contributed by atoms with Gasteiger partial charge in [0.2, 0.25) is 0 Å². The molecular formula is C18H11ClF2N4O3. The van der Waals surface area contributed by atoms with Crippen LogP contribution in [0, 0.1) is 11.6 Å². The maximum Gasteiger partial charge on any atom is 0.268 e. The number of amides is 2. The lowest BCUT2D eigenvalue weighted by molar-refractivity contribution is 0.0992. The minimum Gasteiger partial charge on any atom is -0.507 e. The van der Waals surface area contributed by atoms with E-state index >= 15 is 0 Å². The maximum absolute atomic E-state index is 14.5. The predicted molar refractivity (Wildman–Crippen MR) is 97.0 cm³/mol. The summed E-state index contributed by atoms with van der Waals surface area (Å²) in [5.74, 6) is -4.04. The van der Waals surface area contributed by atoms with E-state index in [2.05, 4.69) is 15.3 Å². The highest BCUT2D eigenvalue weighted by Gasteiger charge is 2.19. The van der Waals surface area contributed by atoms with Crippen molar-refractivity contribution < 1.29 is 23.5 Å². The number of nitrogens with two attached hydrogens (primary N) is 1. The number of phenols is 1. The number of aromatic hydroxyl groups is 1. The molecule has 4 N–H and O–H groups in total. The number of nitrogens with one attached hydrogen (secondary N) is 1. The number of nitrogens with zero attached hydrogens (tertiary/aromatic N) is 2. The molecule has 3 rings (SSSR count). The second kappa shape index (κ2) is 7.57. The number of halogens is 3. The number of hydrogen-bond acceptors (Lipinski definition) is 5. The van der Waals surface area contributed by atoms with Gasteiger partial charge in [-0.05, 0) is 24.3 Å². The zero-order valence-corrected chi connectivity index (χ0v) is 14.7. The second-order valence-corrected chi connectivity index (χ2v) is 5.96. The molecule has 1 aromatic heterocycles. The highest BCUT2D eigenvalue weighted by atomic mass is 35.5. The fourth-order valence-corrected chi connectivity index (χ4v) is 2.54. The molecule has 0 aliphatic rings. The molecule has 3 aromatic rings. The van der Waals surface area contributed by atoms with Gasteiger partial charge >= 0.3 is 0 Å². The first-order chi connectivity index (χ1) is 13.3. The topological polar surface area (TPSA) is 118 Å². The van der Waals surface area contributed by atoms with E-state index in [4.69, 9.17) is 17.3 Å². The number of carbonyl (C=O) groups excluding carboxylic acids is 2. The van der Waals surface area contributed by atoms with Gasteiger partial charge in [-0.1, -0.05) is 17.7 Å². The summed E-state index contributed by atoms with van der Waals surface area (Å²) in [5.41, 5.74) is 4.03. The Morgan fingerprint density at radius 2 is 1.86 bits per heavy atom. The van der Waals surface area contributed by atoms with Crippen molar-refractivity contribution in [2.75, 3.05) is 5.32 Å². The molecule has 0 aliphatic carbocycles. The Bertz CT molecular complexity index is 1070. The number of para-hydroxylation sites is 1. The van der Waals surface area contributed by atoms with E-state index in [0.29, 0.717) is 0 Å². The normalized spacial score (nSPS) is 10.5. The standard InChI is InChI=1S/C18H11ClF2N4O3/c19-10-2-1-3-11(20)16(10)25-18(28)9-4-12(21)8(5-15(9)26)13-6-24-14(7-23-13)17(22)27/h1-7,26H,(H2,22,27)(H,25,28). The molecule has 0 saturated heterocycles. The van der Waals surface area contributed by atoms with Crippen LogP contribution in [-0.4, -0.2) is 26.9 Å². The van der Waals surface area contributed by atoms with Crippen LogP contribution in [0.1, 0.15) is 20.8 Å². The number of carbonyl (C=O) groups is 2. The van der Waals surface area contributed by atoms with Crippen molar-refractivity contribution in [2.24, 2.45) is 5.73 Å². The molecule has 0 fully saturated rings. The third-order valence-electron chi connectivity index (χ3n) is 3.71. The molecule has 0 atom stereocenters. The average molecular weight is 405 g/mol. The Kier molecular flexibility index (Phi) is 5.18. The van der Waals surface area contributed by atoms with Crippen LogP contribution in [0.15, 0.2) is 42.7 Å². The van der Waals surface area contributed by atoms with Gasteiger partial charge in [0.05, 0.1) is 34.4 Å². The Labute approximate surface area is 161 Å². The summed E-state index contributed by atoms with van der Waals surface area (Å²) in [6.07, 6.45) is 2.14. The first kappa shape index (κ1) is 19.2. The second-order valence-electron chi connectivity index (χ2n) is 5.55. The SMILES string of the molecule is NC(=O)c1cnc(-c2cc(O)c(C(=O)Nc3c(F)cccc3Cl)cc2F)cn1. The molecule has 28 heavy (non-hydrogen) atoms. The van der Waals surface area contributed by atoms with Crippen LogP contribution in [0.5, 0.6) is 5.75 Å². The quantitative estimate of drug-likeness (QED) is 0.617. The monoisotopic (exact) mass is 404 g/mol. The predicted octanol–water partition coefficient (Wildman–Crippen LogP) is 3.13. The van der Waals surface area contributed by atoms with Crippen LogP contribution in [0.25, 0.3) is 11.3 Å². The first-order valence-electron chi connectivity index (χ1n) is 7.68. The van der Waals surface area contributed by atoms with Gasteiger partial charge in [0.1, 0.15) is 23.1 Å². The van der Waals surface area contributed by atoms with Crippen LogP contribution in [0.3, 0.4) is 0 Å². The van der Waals surface area contributed by atoms with Crippen LogP contribution < -0.4 is 11.1 Å². The van der Waals surface area contributed by atoms with Crippen LogP contribution >= 0.6 is 11.6 Å². The van der Waals surface area contributed by atoms with Crippen molar-refractivity contribution in [1.82, 2.24) is 9.97 Å². The van der Waals surface area contributed by atoms with Crippen LogP contribution in [0.4, 0.5) is 14.5 Å². The van der Waals surface area contributed by atoms with E-state index in [9.17, 15) is 23.5 Å². The lowest BCUT2D eigenvalue weighted by Crippen LogP contribution is -2.14. The summed E-state index contributed by atoms with van der Waals surface area (Å²) >= 11 is 5.83. The van der Waals surface area contributed by atoms with E-state index < -0.39 is 34.8 Å². The van der Waals surface area contributed by atoms with Crippen LogP contribution in [0.2, 0.25) is 5.02 Å². The fourth-order valence-electron chi connectivity index (χ4n) is 2.33. The van der Waals surface area contributed by atoms with Crippen molar-refractivity contribution >= 4 is 29.1 Å². The van der Waals surface area contributed by atoms with Gasteiger partial charge in [0.25, 0.3) is 11.8 Å². The maximum atomic E-state index is 14.5. The molecule has 142 valence electrons. The zero-order valence-electron chi connectivity index (χ0n) is 13.9. The molecule has 0 radical (unpaired) electrons. The van der Waals surface area contributed by atoms with Crippen LogP contribution in [-0.2, 0) is 0 Å². The van der Waals surface area contributed by atoms with E-state index in [1.807, 2.05) is 0 Å². The number of phenolic OH excluding ortho intramolecular Hbond substituents is 1. The van der Waals surface area contributed by atoms with Crippen molar-refractivity contribution in [3.05, 3.63) is 70.6 Å². The summed E-state index contributed by atoms with van der Waals surface area (Å²) in [4.78, 5) is 30.9. The number of benzene rings is 2. The summed E-state index contributed by atoms with van der Waals surface area (Å²) in [5, 5.41) is 12.3. The number of aromatic nitrogens is 2. The van der Waals surface area contributed by atoms with E-state index in [1.54, 1.807) is 0 Å². The van der Waals surface area contributed by atoms with E-state index in [0.717, 1.165) is 30.6 Å². The molecule has 2 aromatic carbocycles. The largest absolute Gasteiger partial charge is 0.507 e. The van der Waals surface area contributed by atoms with Gasteiger partial charge in [0.15, 0.2) is 0 Å². The first-order valence-corrected chi connectivity index (χ1v) is 8.06. The molecule has 0 saturated carbocycles. The molecule has 2 amide bonds. The Balaban J connectivity index is 1.93. The molecule has 0 unspecified atom stereocenters. The molecule has 7 nitrogen and oxygen atoms in total. The number of anilines is 1. The number of hydrogen-bond donors (Lipinski definition) is 3. The number of primary amides is 1. The summed E-state index contributed by atoms with van der Waals surface area (Å²) < 4.78 is 28.3. The summed E-state index contributed by atoms with van der Waals surface area (Å²) in [6, 6.07) is 5.51. The third kappa shape index (κ3) is 3.74.